The van der Waals surface area contributed by atoms with E-state index in [2.05, 4.69) is 10.3 Å². The molecular formula is C15H18FN3O2S. The summed E-state index contributed by atoms with van der Waals surface area (Å²) in [6.07, 6.45) is 1.47. The van der Waals surface area contributed by atoms with Gasteiger partial charge in [0, 0.05) is 31.1 Å². The van der Waals surface area contributed by atoms with Crippen LogP contribution in [0.3, 0.4) is 0 Å². The van der Waals surface area contributed by atoms with Crippen molar-refractivity contribution >= 4 is 22.5 Å². The molecule has 0 saturated heterocycles. The van der Waals surface area contributed by atoms with Gasteiger partial charge < -0.3 is 10.0 Å². The molecule has 118 valence electrons. The molecule has 0 saturated carbocycles. The first-order valence-corrected chi connectivity index (χ1v) is 7.65. The number of aliphatic hydroxyl groups excluding tert-OH is 1. The highest BCUT2D eigenvalue weighted by molar-refractivity contribution is 7.15. The summed E-state index contributed by atoms with van der Waals surface area (Å²) in [5.74, 6) is -0.252. The van der Waals surface area contributed by atoms with Crippen LogP contribution in [0.2, 0.25) is 0 Å². The van der Waals surface area contributed by atoms with E-state index < -0.39 is 6.10 Å². The molecule has 0 bridgehead atoms. The van der Waals surface area contributed by atoms with Crippen molar-refractivity contribution in [2.24, 2.45) is 0 Å². The van der Waals surface area contributed by atoms with Crippen molar-refractivity contribution in [1.82, 2.24) is 9.88 Å². The molecule has 0 aliphatic heterocycles. The third-order valence-corrected chi connectivity index (χ3v) is 3.89. The molecule has 0 aliphatic carbocycles. The Morgan fingerprint density at radius 1 is 1.50 bits per heavy atom. The molecule has 1 atom stereocenters. The molecule has 0 spiro atoms. The second-order valence-electron chi connectivity index (χ2n) is 5.06. The first kappa shape index (κ1) is 16.4. The average molecular weight is 323 g/mol. The van der Waals surface area contributed by atoms with Gasteiger partial charge >= 0.3 is 6.03 Å². The van der Waals surface area contributed by atoms with Crippen LogP contribution in [0.15, 0.2) is 30.5 Å². The van der Waals surface area contributed by atoms with Crippen LogP contribution in [0.1, 0.15) is 17.4 Å². The molecule has 0 fully saturated rings. The number of benzene rings is 1. The van der Waals surface area contributed by atoms with Crippen LogP contribution in [-0.2, 0) is 6.42 Å². The minimum atomic E-state index is -0.594. The molecule has 0 radical (unpaired) electrons. The van der Waals surface area contributed by atoms with Crippen LogP contribution in [0.5, 0.6) is 0 Å². The molecule has 5 nitrogen and oxygen atoms in total. The van der Waals surface area contributed by atoms with Gasteiger partial charge in [0.15, 0.2) is 5.13 Å². The van der Waals surface area contributed by atoms with Crippen LogP contribution >= 0.6 is 11.3 Å². The first-order valence-electron chi connectivity index (χ1n) is 6.84. The van der Waals surface area contributed by atoms with Crippen LogP contribution in [-0.4, -0.2) is 40.7 Å². The number of carbonyl (C=O) groups is 1. The molecule has 0 unspecified atom stereocenters. The Hall–Kier alpha value is -1.99. The number of nitrogens with zero attached hydrogens (tertiary/aromatic N) is 2. The molecular weight excluding hydrogens is 305 g/mol. The maximum Gasteiger partial charge on any atom is 0.323 e. The van der Waals surface area contributed by atoms with Gasteiger partial charge in [-0.2, -0.15) is 0 Å². The number of carbonyl (C=O) groups excluding carboxylic acids is 1. The fraction of sp³-hybridized carbons (Fsp3) is 0.333. The molecule has 7 heteroatoms. The third kappa shape index (κ3) is 4.51. The fourth-order valence-electron chi connectivity index (χ4n) is 1.94. The fourth-order valence-corrected chi connectivity index (χ4v) is 2.77. The Balaban J connectivity index is 1.97. The molecule has 0 aliphatic rings. The number of amides is 2. The SMILES string of the molecule is C[C@@H](O)CN(C)C(=O)Nc1ncc(Cc2ccccc2F)s1. The van der Waals surface area contributed by atoms with Gasteiger partial charge in [-0.25, -0.2) is 14.2 Å². The molecule has 22 heavy (non-hydrogen) atoms. The van der Waals surface area contributed by atoms with E-state index in [1.54, 1.807) is 38.4 Å². The molecule has 2 N–H and O–H groups in total. The number of hydrogen-bond acceptors (Lipinski definition) is 4. The molecule has 2 aromatic rings. The summed E-state index contributed by atoms with van der Waals surface area (Å²) in [6, 6.07) is 6.24. The van der Waals surface area contributed by atoms with Crippen LogP contribution < -0.4 is 5.32 Å². The highest BCUT2D eigenvalue weighted by Gasteiger charge is 2.13. The molecule has 2 rings (SSSR count). The predicted octanol–water partition coefficient (Wildman–Crippen LogP) is 2.72. The largest absolute Gasteiger partial charge is 0.392 e. The summed E-state index contributed by atoms with van der Waals surface area (Å²) in [5, 5.41) is 12.4. The van der Waals surface area contributed by atoms with Gasteiger partial charge in [0.2, 0.25) is 0 Å². The number of likely N-dealkylation sites (N-methyl/N-ethyl adjacent to an activating group) is 1. The maximum absolute atomic E-state index is 13.6. The minimum absolute atomic E-state index is 0.235. The smallest absolute Gasteiger partial charge is 0.323 e. The van der Waals surface area contributed by atoms with Crippen molar-refractivity contribution in [2.75, 3.05) is 18.9 Å². The predicted molar refractivity (Wildman–Crippen MR) is 84.6 cm³/mol. The third-order valence-electron chi connectivity index (χ3n) is 2.97. The van der Waals surface area contributed by atoms with E-state index in [1.165, 1.54) is 22.3 Å². The second kappa shape index (κ2) is 7.33. The zero-order chi connectivity index (χ0) is 16.1. The standard InChI is InChI=1S/C15H18FN3O2S/c1-10(20)9-19(2)15(21)18-14-17-8-12(22-14)7-11-5-3-4-6-13(11)16/h3-6,8,10,20H,7,9H2,1-2H3,(H,17,18,21)/t10-/m1/s1. The van der Waals surface area contributed by atoms with Gasteiger partial charge in [-0.05, 0) is 18.6 Å². The van der Waals surface area contributed by atoms with Gasteiger partial charge in [-0.15, -0.1) is 11.3 Å². The van der Waals surface area contributed by atoms with Crippen molar-refractivity contribution in [1.29, 1.82) is 0 Å². The number of halogens is 1. The lowest BCUT2D eigenvalue weighted by atomic mass is 10.1. The molecule has 1 aromatic carbocycles. The summed E-state index contributed by atoms with van der Waals surface area (Å²) in [7, 11) is 1.59. The monoisotopic (exact) mass is 323 g/mol. The number of urea groups is 1. The van der Waals surface area contributed by atoms with Crippen LogP contribution in [0.25, 0.3) is 0 Å². The van der Waals surface area contributed by atoms with E-state index >= 15 is 0 Å². The van der Waals surface area contributed by atoms with E-state index in [0.717, 1.165) is 4.88 Å². The van der Waals surface area contributed by atoms with E-state index in [-0.39, 0.29) is 18.4 Å². The normalized spacial score (nSPS) is 12.0. The lowest BCUT2D eigenvalue weighted by Gasteiger charge is -2.18. The number of thiazole rings is 1. The second-order valence-corrected chi connectivity index (χ2v) is 6.17. The van der Waals surface area contributed by atoms with Gasteiger partial charge in [0.1, 0.15) is 5.82 Å². The Kier molecular flexibility index (Phi) is 5.46. The van der Waals surface area contributed by atoms with Crippen molar-refractivity contribution in [3.63, 3.8) is 0 Å². The summed E-state index contributed by atoms with van der Waals surface area (Å²) < 4.78 is 13.6. The number of nitrogens with one attached hydrogen (secondary N) is 1. The van der Waals surface area contributed by atoms with E-state index in [4.69, 9.17) is 0 Å². The summed E-state index contributed by atoms with van der Waals surface area (Å²) in [4.78, 5) is 18.2. The maximum atomic E-state index is 13.6. The number of anilines is 1. The van der Waals surface area contributed by atoms with Crippen molar-refractivity contribution in [3.05, 3.63) is 46.7 Å². The molecule has 2 amide bonds. The highest BCUT2D eigenvalue weighted by Crippen LogP contribution is 2.22. The Labute approximate surface area is 132 Å². The number of aromatic nitrogens is 1. The van der Waals surface area contributed by atoms with Crippen molar-refractivity contribution in [2.45, 2.75) is 19.4 Å². The summed E-state index contributed by atoms with van der Waals surface area (Å²) >= 11 is 1.30. The van der Waals surface area contributed by atoms with Crippen LogP contribution in [0, 0.1) is 5.82 Å². The molecule has 1 aromatic heterocycles. The summed E-state index contributed by atoms with van der Waals surface area (Å²) in [6.45, 7) is 1.85. The number of hydrogen-bond donors (Lipinski definition) is 2. The highest BCUT2D eigenvalue weighted by atomic mass is 32.1. The Morgan fingerprint density at radius 3 is 2.91 bits per heavy atom. The summed E-state index contributed by atoms with van der Waals surface area (Å²) in [5.41, 5.74) is 0.593. The van der Waals surface area contributed by atoms with Gasteiger partial charge in [0.05, 0.1) is 6.10 Å². The van der Waals surface area contributed by atoms with Crippen molar-refractivity contribution < 1.29 is 14.3 Å². The van der Waals surface area contributed by atoms with E-state index in [0.29, 0.717) is 17.1 Å². The van der Waals surface area contributed by atoms with Gasteiger partial charge in [-0.3, -0.25) is 5.32 Å². The topological polar surface area (TPSA) is 65.5 Å². The number of rotatable bonds is 5. The zero-order valence-electron chi connectivity index (χ0n) is 12.4. The van der Waals surface area contributed by atoms with Crippen molar-refractivity contribution in [3.8, 4) is 0 Å². The van der Waals surface area contributed by atoms with Gasteiger partial charge in [0.25, 0.3) is 0 Å². The Morgan fingerprint density at radius 2 is 2.23 bits per heavy atom. The first-order chi connectivity index (χ1) is 10.5. The lowest BCUT2D eigenvalue weighted by molar-refractivity contribution is 0.149. The van der Waals surface area contributed by atoms with E-state index in [9.17, 15) is 14.3 Å². The lowest BCUT2D eigenvalue weighted by Crippen LogP contribution is -2.36. The average Bonchev–Trinajstić information content (AvgIpc) is 2.88. The minimum Gasteiger partial charge on any atom is -0.392 e. The number of aliphatic hydroxyl groups is 1. The Bertz CT molecular complexity index is 645. The van der Waals surface area contributed by atoms with Gasteiger partial charge in [-0.1, -0.05) is 18.2 Å². The molecule has 1 heterocycles. The quantitative estimate of drug-likeness (QED) is 0.889. The van der Waals surface area contributed by atoms with E-state index in [1.807, 2.05) is 0 Å². The van der Waals surface area contributed by atoms with Crippen LogP contribution in [0.4, 0.5) is 14.3 Å². The zero-order valence-corrected chi connectivity index (χ0v) is 13.2.